The molecule has 0 bridgehead atoms. The van der Waals surface area contributed by atoms with Crippen molar-refractivity contribution in [2.24, 2.45) is 0 Å². The molecule has 3 rings (SSSR count). The Hall–Kier alpha value is -1.89. The molecule has 0 radical (unpaired) electrons. The maximum Gasteiger partial charge on any atom is 0.251 e. The van der Waals surface area contributed by atoms with E-state index in [-0.39, 0.29) is 16.8 Å². The highest BCUT2D eigenvalue weighted by Crippen LogP contribution is 2.33. The molecule has 0 heterocycles. The van der Waals surface area contributed by atoms with Crippen LogP contribution in [0.3, 0.4) is 0 Å². The van der Waals surface area contributed by atoms with Gasteiger partial charge in [0.15, 0.2) is 0 Å². The van der Waals surface area contributed by atoms with Crippen molar-refractivity contribution in [3.63, 3.8) is 0 Å². The molecular formula is C18H19ClN2O3S. The molecule has 1 N–H and O–H groups in total. The van der Waals surface area contributed by atoms with E-state index in [1.807, 2.05) is 18.2 Å². The van der Waals surface area contributed by atoms with Gasteiger partial charge in [0.25, 0.3) is 5.91 Å². The Morgan fingerprint density at radius 2 is 1.84 bits per heavy atom. The van der Waals surface area contributed by atoms with Gasteiger partial charge in [-0.05, 0) is 60.4 Å². The first kappa shape index (κ1) is 17.9. The molecule has 2 aromatic rings. The summed E-state index contributed by atoms with van der Waals surface area (Å²) in [5.74, 6) is -0.221. The van der Waals surface area contributed by atoms with E-state index in [0.717, 1.165) is 28.3 Å². The summed E-state index contributed by atoms with van der Waals surface area (Å²) in [5.41, 5.74) is 2.68. The Kier molecular flexibility index (Phi) is 4.86. The van der Waals surface area contributed by atoms with Gasteiger partial charge in [-0.2, -0.15) is 0 Å². The maximum atomic E-state index is 12.5. The first-order valence-electron chi connectivity index (χ1n) is 7.91. The number of amides is 1. The lowest BCUT2D eigenvalue weighted by Crippen LogP contribution is -2.27. The first-order chi connectivity index (χ1) is 11.8. The molecule has 0 spiro atoms. The van der Waals surface area contributed by atoms with Crippen LogP contribution in [0.5, 0.6) is 0 Å². The van der Waals surface area contributed by atoms with Gasteiger partial charge in [-0.15, -0.1) is 0 Å². The zero-order valence-electron chi connectivity index (χ0n) is 14.0. The van der Waals surface area contributed by atoms with Crippen molar-refractivity contribution in [3.05, 3.63) is 64.2 Å². The number of hydrogen-bond donors (Lipinski definition) is 1. The molecule has 1 amide bonds. The van der Waals surface area contributed by atoms with E-state index in [4.69, 9.17) is 11.6 Å². The SMILES string of the molecule is CN(C)S(=O)(=O)c1ccc(C(=O)NC2CCc3cc(Cl)ccc32)cc1. The summed E-state index contributed by atoms with van der Waals surface area (Å²) in [7, 11) is -0.553. The second kappa shape index (κ2) is 6.78. The van der Waals surface area contributed by atoms with E-state index >= 15 is 0 Å². The highest BCUT2D eigenvalue weighted by molar-refractivity contribution is 7.89. The predicted molar refractivity (Wildman–Crippen MR) is 97.3 cm³/mol. The minimum absolute atomic E-state index is 0.0510. The monoisotopic (exact) mass is 378 g/mol. The third-order valence-corrected chi connectivity index (χ3v) is 6.45. The molecule has 1 aliphatic rings. The Morgan fingerprint density at radius 1 is 1.16 bits per heavy atom. The molecule has 25 heavy (non-hydrogen) atoms. The topological polar surface area (TPSA) is 66.5 Å². The first-order valence-corrected chi connectivity index (χ1v) is 9.72. The van der Waals surface area contributed by atoms with E-state index in [9.17, 15) is 13.2 Å². The molecule has 0 fully saturated rings. The molecule has 5 nitrogen and oxygen atoms in total. The molecule has 132 valence electrons. The number of nitrogens with zero attached hydrogens (tertiary/aromatic N) is 1. The largest absolute Gasteiger partial charge is 0.345 e. The smallest absolute Gasteiger partial charge is 0.251 e. The maximum absolute atomic E-state index is 12.5. The number of carbonyl (C=O) groups excluding carboxylic acids is 1. The van der Waals surface area contributed by atoms with Gasteiger partial charge in [0, 0.05) is 24.7 Å². The van der Waals surface area contributed by atoms with E-state index in [1.54, 1.807) is 0 Å². The number of nitrogens with one attached hydrogen (secondary N) is 1. The summed E-state index contributed by atoms with van der Waals surface area (Å²) in [5, 5.41) is 3.71. The third-order valence-electron chi connectivity index (χ3n) is 4.38. The van der Waals surface area contributed by atoms with E-state index in [1.165, 1.54) is 38.4 Å². The lowest BCUT2D eigenvalue weighted by atomic mass is 10.1. The Labute approximate surface area is 152 Å². The molecule has 0 aromatic heterocycles. The molecule has 2 aromatic carbocycles. The minimum atomic E-state index is -3.50. The Morgan fingerprint density at radius 3 is 2.48 bits per heavy atom. The number of hydrogen-bond acceptors (Lipinski definition) is 3. The second-order valence-corrected chi connectivity index (χ2v) is 8.81. The van der Waals surface area contributed by atoms with Crippen LogP contribution in [0.1, 0.15) is 33.9 Å². The zero-order valence-corrected chi connectivity index (χ0v) is 15.6. The van der Waals surface area contributed by atoms with Crippen molar-refractivity contribution in [2.45, 2.75) is 23.8 Å². The fourth-order valence-corrected chi connectivity index (χ4v) is 4.06. The number of benzene rings is 2. The molecule has 1 atom stereocenters. The normalized spacial score (nSPS) is 16.7. The summed E-state index contributed by atoms with van der Waals surface area (Å²) in [6.45, 7) is 0. The quantitative estimate of drug-likeness (QED) is 0.889. The van der Waals surface area contributed by atoms with Crippen LogP contribution in [0.4, 0.5) is 0 Å². The number of halogens is 1. The highest BCUT2D eigenvalue weighted by atomic mass is 35.5. The van der Waals surface area contributed by atoms with Crippen molar-refractivity contribution >= 4 is 27.5 Å². The molecule has 0 aliphatic heterocycles. The van der Waals surface area contributed by atoms with Gasteiger partial charge in [-0.25, -0.2) is 12.7 Å². The second-order valence-electron chi connectivity index (χ2n) is 6.22. The highest BCUT2D eigenvalue weighted by Gasteiger charge is 2.25. The summed E-state index contributed by atoms with van der Waals surface area (Å²) >= 11 is 6.01. The van der Waals surface area contributed by atoms with Gasteiger partial charge in [-0.3, -0.25) is 4.79 Å². The summed E-state index contributed by atoms with van der Waals surface area (Å²) in [4.78, 5) is 12.6. The molecular weight excluding hydrogens is 360 g/mol. The standard InChI is InChI=1S/C18H19ClN2O3S/c1-21(2)25(23,24)15-7-3-12(4-8-15)18(22)20-17-10-5-13-11-14(19)6-9-16(13)17/h3-4,6-9,11,17H,5,10H2,1-2H3,(H,20,22). The van der Waals surface area contributed by atoms with Gasteiger partial charge in [0.1, 0.15) is 0 Å². The molecule has 1 unspecified atom stereocenters. The van der Waals surface area contributed by atoms with Crippen molar-refractivity contribution in [1.29, 1.82) is 0 Å². The third kappa shape index (κ3) is 3.56. The van der Waals surface area contributed by atoms with Crippen LogP contribution in [0.2, 0.25) is 5.02 Å². The van der Waals surface area contributed by atoms with Gasteiger partial charge < -0.3 is 5.32 Å². The molecule has 7 heteroatoms. The number of rotatable bonds is 4. The molecule has 1 aliphatic carbocycles. The Bertz CT molecular complexity index is 908. The average molecular weight is 379 g/mol. The van der Waals surface area contributed by atoms with Gasteiger partial charge in [0.05, 0.1) is 10.9 Å². The Balaban J connectivity index is 1.75. The van der Waals surface area contributed by atoms with Crippen molar-refractivity contribution < 1.29 is 13.2 Å². The van der Waals surface area contributed by atoms with Crippen LogP contribution < -0.4 is 5.32 Å². The van der Waals surface area contributed by atoms with Crippen molar-refractivity contribution in [3.8, 4) is 0 Å². The average Bonchev–Trinajstić information content (AvgIpc) is 2.96. The summed E-state index contributed by atoms with van der Waals surface area (Å²) < 4.78 is 25.3. The van der Waals surface area contributed by atoms with E-state index < -0.39 is 10.0 Å². The molecule has 0 saturated carbocycles. The van der Waals surface area contributed by atoms with Crippen LogP contribution in [-0.4, -0.2) is 32.7 Å². The van der Waals surface area contributed by atoms with Gasteiger partial charge in [0.2, 0.25) is 10.0 Å². The minimum Gasteiger partial charge on any atom is -0.345 e. The fourth-order valence-electron chi connectivity index (χ4n) is 2.97. The van der Waals surface area contributed by atoms with E-state index in [2.05, 4.69) is 5.32 Å². The summed E-state index contributed by atoms with van der Waals surface area (Å²) in [6, 6.07) is 11.6. The van der Waals surface area contributed by atoms with Crippen LogP contribution in [0.25, 0.3) is 0 Å². The fraction of sp³-hybridized carbons (Fsp3) is 0.278. The van der Waals surface area contributed by atoms with Gasteiger partial charge >= 0.3 is 0 Å². The lowest BCUT2D eigenvalue weighted by molar-refractivity contribution is 0.0936. The lowest BCUT2D eigenvalue weighted by Gasteiger charge is -2.15. The molecule has 0 saturated heterocycles. The number of fused-ring (bicyclic) bond motifs is 1. The van der Waals surface area contributed by atoms with Crippen molar-refractivity contribution in [1.82, 2.24) is 9.62 Å². The zero-order chi connectivity index (χ0) is 18.2. The summed E-state index contributed by atoms with van der Waals surface area (Å²) in [6.07, 6.45) is 1.70. The number of carbonyl (C=O) groups is 1. The van der Waals surface area contributed by atoms with E-state index in [0.29, 0.717) is 10.6 Å². The van der Waals surface area contributed by atoms with Crippen LogP contribution in [0, 0.1) is 0 Å². The van der Waals surface area contributed by atoms with Gasteiger partial charge in [-0.1, -0.05) is 17.7 Å². The predicted octanol–water partition coefficient (Wildman–Crippen LogP) is 3.01. The van der Waals surface area contributed by atoms with Crippen molar-refractivity contribution in [2.75, 3.05) is 14.1 Å². The van der Waals surface area contributed by atoms with Crippen LogP contribution in [-0.2, 0) is 16.4 Å². The van der Waals surface area contributed by atoms with Crippen LogP contribution in [0.15, 0.2) is 47.4 Å². The number of aryl methyl sites for hydroxylation is 1. The van der Waals surface area contributed by atoms with Crippen LogP contribution >= 0.6 is 11.6 Å². The number of sulfonamides is 1.